The van der Waals surface area contributed by atoms with E-state index in [9.17, 15) is 4.79 Å². The van der Waals surface area contributed by atoms with Crippen LogP contribution in [0.1, 0.15) is 5.56 Å². The van der Waals surface area contributed by atoms with Crippen molar-refractivity contribution in [1.82, 2.24) is 4.57 Å². The molecule has 0 saturated heterocycles. The van der Waals surface area contributed by atoms with Gasteiger partial charge in [-0.15, -0.1) is 6.07 Å². The summed E-state index contributed by atoms with van der Waals surface area (Å²) in [4.78, 5) is 11.9. The Balaban J connectivity index is 0.00000220. The molecule has 0 N–H and O–H groups in total. The Kier molecular flexibility index (Phi) is 7.08. The van der Waals surface area contributed by atoms with Crippen LogP contribution in [0.4, 0.5) is 0 Å². The van der Waals surface area contributed by atoms with Gasteiger partial charge >= 0.3 is 0 Å². The summed E-state index contributed by atoms with van der Waals surface area (Å²) >= 11 is 6.25. The predicted molar refractivity (Wildman–Crippen MR) is 78.2 cm³/mol. The van der Waals surface area contributed by atoms with E-state index in [-0.39, 0.29) is 45.1 Å². The summed E-state index contributed by atoms with van der Waals surface area (Å²) < 4.78 is 11.7. The SMILES string of the molecule is COCOc1ccc(-c2[c-]cc(C)c(=O)n2C)c(Cl)c1.[Y]. The van der Waals surface area contributed by atoms with E-state index in [0.29, 0.717) is 22.0 Å². The smallest absolute Gasteiger partial charge is 0.197 e. The molecule has 0 saturated carbocycles. The minimum atomic E-state index is -0.0606. The van der Waals surface area contributed by atoms with Crippen LogP contribution in [0, 0.1) is 13.0 Å². The van der Waals surface area contributed by atoms with Gasteiger partial charge in [-0.05, 0) is 17.2 Å². The van der Waals surface area contributed by atoms with E-state index in [1.165, 1.54) is 4.57 Å². The fourth-order valence-corrected chi connectivity index (χ4v) is 2.12. The maximum absolute atomic E-state index is 11.9. The Hall–Kier alpha value is -0.676. The molecule has 4 nitrogen and oxygen atoms in total. The van der Waals surface area contributed by atoms with Crippen LogP contribution in [0.25, 0.3) is 11.3 Å². The average molecular weight is 382 g/mol. The van der Waals surface area contributed by atoms with Crippen LogP contribution in [-0.2, 0) is 44.5 Å². The van der Waals surface area contributed by atoms with Gasteiger partial charge < -0.3 is 14.0 Å². The van der Waals surface area contributed by atoms with Gasteiger partial charge in [-0.1, -0.05) is 35.3 Å². The maximum Gasteiger partial charge on any atom is 0.197 e. The minimum Gasteiger partial charge on any atom is -0.468 e. The second kappa shape index (κ2) is 8.09. The number of hydrogen-bond donors (Lipinski definition) is 0. The van der Waals surface area contributed by atoms with Crippen LogP contribution < -0.4 is 10.3 Å². The first-order chi connectivity index (χ1) is 9.54. The van der Waals surface area contributed by atoms with Crippen LogP contribution in [0.2, 0.25) is 5.02 Å². The van der Waals surface area contributed by atoms with Gasteiger partial charge in [0.2, 0.25) is 0 Å². The Bertz CT molecular complexity index is 685. The Labute approximate surface area is 153 Å². The summed E-state index contributed by atoms with van der Waals surface area (Å²) in [5, 5.41) is 0.494. The third-order valence-electron chi connectivity index (χ3n) is 2.94. The topological polar surface area (TPSA) is 40.5 Å². The number of hydrogen-bond acceptors (Lipinski definition) is 3. The quantitative estimate of drug-likeness (QED) is 0.604. The van der Waals surface area contributed by atoms with Gasteiger partial charge in [-0.3, -0.25) is 4.79 Å². The molecule has 0 spiro atoms. The molecule has 6 heteroatoms. The number of halogens is 1. The van der Waals surface area contributed by atoms with E-state index in [2.05, 4.69) is 6.07 Å². The van der Waals surface area contributed by atoms with Gasteiger partial charge in [0.25, 0.3) is 0 Å². The van der Waals surface area contributed by atoms with E-state index in [4.69, 9.17) is 21.1 Å². The number of rotatable bonds is 4. The minimum absolute atomic E-state index is 0. The number of ether oxygens (including phenoxy) is 2. The summed E-state index contributed by atoms with van der Waals surface area (Å²) in [5.74, 6) is 0.609. The first-order valence-corrected chi connectivity index (χ1v) is 6.42. The predicted octanol–water partition coefficient (Wildman–Crippen LogP) is 2.79. The van der Waals surface area contributed by atoms with Gasteiger partial charge in [0.1, 0.15) is 5.75 Å². The van der Waals surface area contributed by atoms with Crippen LogP contribution in [0.5, 0.6) is 5.75 Å². The van der Waals surface area contributed by atoms with Crippen molar-refractivity contribution in [2.45, 2.75) is 6.92 Å². The Morgan fingerprint density at radius 2 is 2.10 bits per heavy atom. The van der Waals surface area contributed by atoms with Crippen molar-refractivity contribution in [2.24, 2.45) is 7.05 Å². The molecule has 0 amide bonds. The Morgan fingerprint density at radius 3 is 2.71 bits per heavy atom. The molecule has 2 rings (SSSR count). The zero-order valence-electron chi connectivity index (χ0n) is 12.1. The fourth-order valence-electron chi connectivity index (χ4n) is 1.86. The molecule has 0 bridgehead atoms. The molecular formula is C15H15ClNO3Y-. The average Bonchev–Trinajstić information content (AvgIpc) is 2.44. The van der Waals surface area contributed by atoms with E-state index in [0.717, 1.165) is 5.56 Å². The molecular weight excluding hydrogens is 367 g/mol. The van der Waals surface area contributed by atoms with Gasteiger partial charge in [0.05, 0.1) is 0 Å². The zero-order valence-corrected chi connectivity index (χ0v) is 15.7. The molecule has 1 radical (unpaired) electrons. The molecule has 109 valence electrons. The monoisotopic (exact) mass is 381 g/mol. The van der Waals surface area contributed by atoms with Crippen LogP contribution in [-0.4, -0.2) is 18.5 Å². The third-order valence-corrected chi connectivity index (χ3v) is 3.25. The van der Waals surface area contributed by atoms with Crippen molar-refractivity contribution >= 4 is 11.6 Å². The van der Waals surface area contributed by atoms with Crippen LogP contribution in [0.15, 0.2) is 29.1 Å². The van der Waals surface area contributed by atoms with Crippen molar-refractivity contribution < 1.29 is 42.2 Å². The van der Waals surface area contributed by atoms with Crippen molar-refractivity contribution in [3.05, 3.63) is 51.3 Å². The zero-order chi connectivity index (χ0) is 14.7. The molecule has 0 atom stereocenters. The molecule has 2 aromatic rings. The summed E-state index contributed by atoms with van der Waals surface area (Å²) in [6.45, 7) is 1.91. The molecule has 0 aliphatic carbocycles. The van der Waals surface area contributed by atoms with Crippen LogP contribution in [0.3, 0.4) is 0 Å². The largest absolute Gasteiger partial charge is 0.468 e. The first-order valence-electron chi connectivity index (χ1n) is 6.04. The summed E-state index contributed by atoms with van der Waals surface area (Å²) in [5.41, 5.74) is 1.96. The normalized spacial score (nSPS) is 10.1. The molecule has 0 unspecified atom stereocenters. The number of nitrogens with zero attached hydrogens (tertiary/aromatic N) is 1. The molecule has 0 aliphatic rings. The molecule has 0 aliphatic heterocycles. The van der Waals surface area contributed by atoms with Gasteiger partial charge in [-0.25, -0.2) is 0 Å². The number of pyridine rings is 1. The standard InChI is InChI=1S/C15H15ClNO3.Y/c1-10-4-7-14(17(2)15(10)18)12-6-5-11(8-13(12)16)20-9-19-3;/h4-6,8H,9H2,1-3H3;/q-1;. The molecule has 1 aromatic carbocycles. The van der Waals surface area contributed by atoms with Crippen molar-refractivity contribution in [2.75, 3.05) is 13.9 Å². The molecule has 1 aromatic heterocycles. The number of methoxy groups -OCH3 is 1. The molecule has 1 heterocycles. The second-order valence-electron chi connectivity index (χ2n) is 4.38. The number of aryl methyl sites for hydroxylation is 1. The van der Waals surface area contributed by atoms with Crippen molar-refractivity contribution in [3.8, 4) is 17.0 Å². The van der Waals surface area contributed by atoms with Crippen LogP contribution >= 0.6 is 11.6 Å². The summed E-state index contributed by atoms with van der Waals surface area (Å²) in [6, 6.07) is 10.0. The van der Waals surface area contributed by atoms with Gasteiger partial charge in [0, 0.05) is 46.9 Å². The Morgan fingerprint density at radius 1 is 1.38 bits per heavy atom. The van der Waals surface area contributed by atoms with E-state index in [1.807, 2.05) is 0 Å². The fraction of sp³-hybridized carbons (Fsp3) is 0.267. The van der Waals surface area contributed by atoms with E-state index >= 15 is 0 Å². The van der Waals surface area contributed by atoms with Gasteiger partial charge in [0.15, 0.2) is 12.4 Å². The second-order valence-corrected chi connectivity index (χ2v) is 4.78. The van der Waals surface area contributed by atoms with E-state index < -0.39 is 0 Å². The van der Waals surface area contributed by atoms with E-state index in [1.54, 1.807) is 45.3 Å². The summed E-state index contributed by atoms with van der Waals surface area (Å²) in [7, 11) is 3.25. The molecule has 0 fully saturated rings. The number of aromatic nitrogens is 1. The summed E-state index contributed by atoms with van der Waals surface area (Å²) in [6.07, 6.45) is 0. The van der Waals surface area contributed by atoms with Gasteiger partial charge in [-0.2, -0.15) is 12.1 Å². The third kappa shape index (κ3) is 4.16. The molecule has 21 heavy (non-hydrogen) atoms. The number of benzene rings is 1. The van der Waals surface area contributed by atoms with Crippen molar-refractivity contribution in [1.29, 1.82) is 0 Å². The van der Waals surface area contributed by atoms with Crippen molar-refractivity contribution in [3.63, 3.8) is 0 Å². The maximum atomic E-state index is 11.9. The first kappa shape index (κ1) is 18.4.